The molecule has 5 heteroatoms. The van der Waals surface area contributed by atoms with Crippen LogP contribution in [0, 0.1) is 0 Å². The van der Waals surface area contributed by atoms with Gasteiger partial charge in [0.05, 0.1) is 19.8 Å². The van der Waals surface area contributed by atoms with Gasteiger partial charge in [0.15, 0.2) is 0 Å². The van der Waals surface area contributed by atoms with Crippen LogP contribution in [0.4, 0.5) is 11.4 Å². The minimum atomic E-state index is -0.106. The Morgan fingerprint density at radius 2 is 1.46 bits per heavy atom. The van der Waals surface area contributed by atoms with Crippen molar-refractivity contribution in [1.29, 1.82) is 0 Å². The molecule has 0 unspecified atom stereocenters. The van der Waals surface area contributed by atoms with Gasteiger partial charge in [0.25, 0.3) is 0 Å². The maximum absolute atomic E-state index is 12.0. The van der Waals surface area contributed by atoms with E-state index in [1.807, 2.05) is 55.5 Å². The maximum Gasteiger partial charge on any atom is 0.243 e. The third kappa shape index (κ3) is 5.83. The van der Waals surface area contributed by atoms with E-state index >= 15 is 0 Å². The normalized spacial score (nSPS) is 10.1. The summed E-state index contributed by atoms with van der Waals surface area (Å²) in [5.41, 5.74) is 1.62. The molecule has 0 aromatic heterocycles. The van der Waals surface area contributed by atoms with Crippen molar-refractivity contribution in [1.82, 2.24) is 0 Å². The smallest absolute Gasteiger partial charge is 0.243 e. The highest BCUT2D eigenvalue weighted by atomic mass is 16.5. The number of carbonyl (C=O) groups excluding carboxylic acids is 1. The van der Waals surface area contributed by atoms with Gasteiger partial charge in [0.1, 0.15) is 11.5 Å². The molecule has 2 aromatic carbocycles. The van der Waals surface area contributed by atoms with Crippen molar-refractivity contribution in [2.75, 3.05) is 30.4 Å². The fourth-order valence-corrected chi connectivity index (χ4v) is 2.08. The standard InChI is InChI=1S/C19H24N2O3/c1-3-13-24-18-9-5-15(6-10-18)20-14-19(22)21-16-7-11-17(12-8-16)23-4-2/h5-12,20H,3-4,13-14H2,1-2H3,(H,21,22). The Labute approximate surface area is 143 Å². The molecule has 2 rings (SSSR count). The Bertz CT molecular complexity index is 624. The van der Waals surface area contributed by atoms with Crippen LogP contribution in [-0.4, -0.2) is 25.7 Å². The zero-order chi connectivity index (χ0) is 17.2. The topological polar surface area (TPSA) is 59.6 Å². The van der Waals surface area contributed by atoms with Gasteiger partial charge in [-0.05, 0) is 61.9 Å². The predicted octanol–water partition coefficient (Wildman–Crippen LogP) is 3.92. The average molecular weight is 328 g/mol. The van der Waals surface area contributed by atoms with Crippen molar-refractivity contribution in [3.05, 3.63) is 48.5 Å². The first-order chi connectivity index (χ1) is 11.7. The molecule has 128 valence electrons. The van der Waals surface area contributed by atoms with Gasteiger partial charge in [0.2, 0.25) is 5.91 Å². The summed E-state index contributed by atoms with van der Waals surface area (Å²) >= 11 is 0. The minimum Gasteiger partial charge on any atom is -0.494 e. The van der Waals surface area contributed by atoms with Crippen molar-refractivity contribution in [3.63, 3.8) is 0 Å². The van der Waals surface area contributed by atoms with E-state index < -0.39 is 0 Å². The second-order valence-electron chi connectivity index (χ2n) is 5.23. The van der Waals surface area contributed by atoms with E-state index in [4.69, 9.17) is 9.47 Å². The number of rotatable bonds is 9. The first-order valence-corrected chi connectivity index (χ1v) is 8.20. The van der Waals surface area contributed by atoms with Gasteiger partial charge in [-0.15, -0.1) is 0 Å². The predicted molar refractivity (Wildman–Crippen MR) is 97.0 cm³/mol. The molecule has 0 spiro atoms. The summed E-state index contributed by atoms with van der Waals surface area (Å²) in [6, 6.07) is 14.9. The summed E-state index contributed by atoms with van der Waals surface area (Å²) in [7, 11) is 0. The van der Waals surface area contributed by atoms with Gasteiger partial charge in [-0.3, -0.25) is 4.79 Å². The van der Waals surface area contributed by atoms with E-state index in [2.05, 4.69) is 17.6 Å². The van der Waals surface area contributed by atoms with E-state index in [-0.39, 0.29) is 12.5 Å². The Kier molecular flexibility index (Phi) is 6.95. The lowest BCUT2D eigenvalue weighted by Crippen LogP contribution is -2.21. The van der Waals surface area contributed by atoms with Crippen molar-refractivity contribution in [2.45, 2.75) is 20.3 Å². The number of carbonyl (C=O) groups is 1. The highest BCUT2D eigenvalue weighted by Crippen LogP contribution is 2.17. The van der Waals surface area contributed by atoms with Crippen LogP contribution in [0.3, 0.4) is 0 Å². The highest BCUT2D eigenvalue weighted by Gasteiger charge is 2.03. The van der Waals surface area contributed by atoms with Gasteiger partial charge in [-0.25, -0.2) is 0 Å². The molecule has 0 aliphatic carbocycles. The number of hydrogen-bond acceptors (Lipinski definition) is 4. The number of amides is 1. The van der Waals surface area contributed by atoms with E-state index in [1.165, 1.54) is 0 Å². The summed E-state index contributed by atoms with van der Waals surface area (Å²) in [5.74, 6) is 1.52. The largest absolute Gasteiger partial charge is 0.494 e. The van der Waals surface area contributed by atoms with Crippen molar-refractivity contribution < 1.29 is 14.3 Å². The first kappa shape index (κ1) is 17.7. The van der Waals surface area contributed by atoms with Crippen molar-refractivity contribution >= 4 is 17.3 Å². The number of nitrogens with one attached hydrogen (secondary N) is 2. The monoisotopic (exact) mass is 328 g/mol. The first-order valence-electron chi connectivity index (χ1n) is 8.20. The van der Waals surface area contributed by atoms with Crippen LogP contribution in [-0.2, 0) is 4.79 Å². The van der Waals surface area contributed by atoms with Gasteiger partial charge in [-0.1, -0.05) is 6.92 Å². The van der Waals surface area contributed by atoms with Crippen molar-refractivity contribution in [3.8, 4) is 11.5 Å². The molecule has 0 fully saturated rings. The van der Waals surface area contributed by atoms with E-state index in [0.29, 0.717) is 13.2 Å². The Hall–Kier alpha value is -2.69. The third-order valence-corrected chi connectivity index (χ3v) is 3.23. The van der Waals surface area contributed by atoms with Crippen molar-refractivity contribution in [2.24, 2.45) is 0 Å². The zero-order valence-electron chi connectivity index (χ0n) is 14.2. The summed E-state index contributed by atoms with van der Waals surface area (Å²) in [6.07, 6.45) is 0.978. The van der Waals surface area contributed by atoms with Gasteiger partial charge in [-0.2, -0.15) is 0 Å². The molecule has 0 aliphatic rings. The molecule has 2 N–H and O–H groups in total. The van der Waals surface area contributed by atoms with Crippen LogP contribution in [0.5, 0.6) is 11.5 Å². The summed E-state index contributed by atoms with van der Waals surface area (Å²) in [5, 5.41) is 5.93. The minimum absolute atomic E-state index is 0.106. The van der Waals surface area contributed by atoms with Gasteiger partial charge >= 0.3 is 0 Å². The average Bonchev–Trinajstić information content (AvgIpc) is 2.61. The third-order valence-electron chi connectivity index (χ3n) is 3.23. The summed E-state index contributed by atoms with van der Waals surface area (Å²) in [6.45, 7) is 5.53. The quantitative estimate of drug-likeness (QED) is 0.732. The second-order valence-corrected chi connectivity index (χ2v) is 5.23. The SMILES string of the molecule is CCCOc1ccc(NCC(=O)Nc2ccc(OCC)cc2)cc1. The lowest BCUT2D eigenvalue weighted by molar-refractivity contribution is -0.114. The molecule has 0 heterocycles. The molecule has 0 radical (unpaired) electrons. The second kappa shape index (κ2) is 9.45. The van der Waals surface area contributed by atoms with E-state index in [0.717, 1.165) is 29.3 Å². The Morgan fingerprint density at radius 3 is 2.04 bits per heavy atom. The lowest BCUT2D eigenvalue weighted by atomic mass is 10.3. The fourth-order valence-electron chi connectivity index (χ4n) is 2.08. The molecular weight excluding hydrogens is 304 g/mol. The molecule has 0 saturated carbocycles. The molecule has 24 heavy (non-hydrogen) atoms. The zero-order valence-corrected chi connectivity index (χ0v) is 14.2. The number of ether oxygens (including phenoxy) is 2. The maximum atomic E-state index is 12.0. The van der Waals surface area contributed by atoms with Crippen LogP contribution < -0.4 is 20.1 Å². The highest BCUT2D eigenvalue weighted by molar-refractivity contribution is 5.93. The molecule has 5 nitrogen and oxygen atoms in total. The Balaban J connectivity index is 1.78. The molecular formula is C19H24N2O3. The van der Waals surface area contributed by atoms with Crippen LogP contribution in [0.15, 0.2) is 48.5 Å². The summed E-state index contributed by atoms with van der Waals surface area (Å²) < 4.78 is 10.9. The number of hydrogen-bond donors (Lipinski definition) is 2. The van der Waals surface area contributed by atoms with Crippen LogP contribution >= 0.6 is 0 Å². The van der Waals surface area contributed by atoms with Crippen LogP contribution in [0.25, 0.3) is 0 Å². The lowest BCUT2D eigenvalue weighted by Gasteiger charge is -2.10. The van der Waals surface area contributed by atoms with E-state index in [1.54, 1.807) is 0 Å². The molecule has 0 atom stereocenters. The van der Waals surface area contributed by atoms with Gasteiger partial charge in [0, 0.05) is 11.4 Å². The number of benzene rings is 2. The molecule has 2 aromatic rings. The molecule has 0 bridgehead atoms. The molecule has 0 aliphatic heterocycles. The van der Waals surface area contributed by atoms with Gasteiger partial charge < -0.3 is 20.1 Å². The van der Waals surface area contributed by atoms with E-state index in [9.17, 15) is 4.79 Å². The van der Waals surface area contributed by atoms with Crippen LogP contribution in [0.2, 0.25) is 0 Å². The fraction of sp³-hybridized carbons (Fsp3) is 0.316. The molecule has 0 saturated heterocycles. The Morgan fingerprint density at radius 1 is 0.875 bits per heavy atom. The van der Waals surface area contributed by atoms with Crippen LogP contribution in [0.1, 0.15) is 20.3 Å². The molecule has 1 amide bonds. The summed E-state index contributed by atoms with van der Waals surface area (Å²) in [4.78, 5) is 12.0. The number of anilines is 2.